The maximum absolute atomic E-state index is 11.8. The number of hydrogen-bond donors (Lipinski definition) is 2. The topological polar surface area (TPSA) is 91.2 Å². The Balaban J connectivity index is 1.78. The van der Waals surface area contributed by atoms with Crippen LogP contribution >= 0.6 is 0 Å². The Morgan fingerprint density at radius 2 is 2.11 bits per heavy atom. The zero-order chi connectivity index (χ0) is 13.1. The minimum absolute atomic E-state index is 0.0355. The number of nitrogens with zero attached hydrogens (tertiary/aromatic N) is 2. The molecule has 2 aliphatic rings. The molecule has 2 rings (SSSR count). The second-order valence-electron chi connectivity index (χ2n) is 4.73. The van der Waals surface area contributed by atoms with E-state index in [0.29, 0.717) is 0 Å². The van der Waals surface area contributed by atoms with E-state index in [4.69, 9.17) is 9.94 Å². The number of oxime groups is 1. The number of piperidine rings is 1. The predicted octanol–water partition coefficient (Wildman–Crippen LogP) is -0.574. The van der Waals surface area contributed by atoms with Crippen LogP contribution in [0.15, 0.2) is 5.16 Å². The Kier molecular flexibility index (Phi) is 3.81. The van der Waals surface area contributed by atoms with E-state index in [1.165, 1.54) is 0 Å². The summed E-state index contributed by atoms with van der Waals surface area (Å²) >= 11 is 0. The van der Waals surface area contributed by atoms with E-state index in [2.05, 4.69) is 15.4 Å². The monoisotopic (exact) mass is 255 g/mol. The van der Waals surface area contributed by atoms with Gasteiger partial charge in [0.2, 0.25) is 6.10 Å². The van der Waals surface area contributed by atoms with Gasteiger partial charge in [-0.3, -0.25) is 4.79 Å². The molecule has 0 aromatic heterocycles. The number of nitrogens with one attached hydrogen (secondary N) is 1. The molecule has 0 spiro atoms. The van der Waals surface area contributed by atoms with Gasteiger partial charge in [0.25, 0.3) is 5.91 Å². The summed E-state index contributed by atoms with van der Waals surface area (Å²) in [6.45, 7) is 1.90. The van der Waals surface area contributed by atoms with Crippen molar-refractivity contribution in [1.82, 2.24) is 10.2 Å². The summed E-state index contributed by atoms with van der Waals surface area (Å²) in [6, 6.07) is 0.145. The van der Waals surface area contributed by atoms with Gasteiger partial charge >= 0.3 is 5.97 Å². The Labute approximate surface area is 105 Å². The van der Waals surface area contributed by atoms with Gasteiger partial charge in [0.1, 0.15) is 0 Å². The van der Waals surface area contributed by atoms with Gasteiger partial charge in [-0.15, -0.1) is 0 Å². The molecule has 1 amide bonds. The van der Waals surface area contributed by atoms with Crippen molar-refractivity contribution >= 4 is 17.6 Å². The first-order chi connectivity index (χ1) is 8.56. The van der Waals surface area contributed by atoms with Crippen LogP contribution in [0.2, 0.25) is 0 Å². The van der Waals surface area contributed by atoms with Gasteiger partial charge in [-0.1, -0.05) is 5.16 Å². The molecular weight excluding hydrogens is 238 g/mol. The molecule has 0 aliphatic carbocycles. The highest BCUT2D eigenvalue weighted by atomic mass is 16.6. The first-order valence-electron chi connectivity index (χ1n) is 6.01. The molecule has 100 valence electrons. The number of carbonyl (C=O) groups excluding carboxylic acids is 1. The lowest BCUT2D eigenvalue weighted by molar-refractivity contribution is -0.132. The lowest BCUT2D eigenvalue weighted by atomic mass is 10.0. The summed E-state index contributed by atoms with van der Waals surface area (Å²) in [5.41, 5.74) is -0.0986. The number of carboxylic acids is 1. The molecule has 0 saturated carbocycles. The third-order valence-electron chi connectivity index (χ3n) is 3.27. The van der Waals surface area contributed by atoms with Gasteiger partial charge in [-0.2, -0.15) is 0 Å². The van der Waals surface area contributed by atoms with Crippen molar-refractivity contribution in [2.24, 2.45) is 5.16 Å². The van der Waals surface area contributed by atoms with Gasteiger partial charge < -0.3 is 20.2 Å². The fourth-order valence-electron chi connectivity index (χ4n) is 2.09. The minimum Gasteiger partial charge on any atom is -0.477 e. The molecule has 1 unspecified atom stereocenters. The first kappa shape index (κ1) is 12.8. The van der Waals surface area contributed by atoms with Crippen molar-refractivity contribution in [2.45, 2.75) is 31.4 Å². The van der Waals surface area contributed by atoms with Crippen LogP contribution in [0.4, 0.5) is 0 Å². The fourth-order valence-corrected chi connectivity index (χ4v) is 2.09. The zero-order valence-electron chi connectivity index (χ0n) is 10.3. The number of hydrogen-bond acceptors (Lipinski definition) is 5. The van der Waals surface area contributed by atoms with Crippen LogP contribution in [-0.2, 0) is 14.4 Å². The fraction of sp³-hybridized carbons (Fsp3) is 0.727. The number of aliphatic carboxylic acids is 1. The Hall–Kier alpha value is -1.63. The highest BCUT2D eigenvalue weighted by Crippen LogP contribution is 2.13. The maximum atomic E-state index is 11.8. The number of carbonyl (C=O) groups is 2. The largest absolute Gasteiger partial charge is 0.477 e. The van der Waals surface area contributed by atoms with Gasteiger partial charge in [0, 0.05) is 12.5 Å². The molecule has 0 bridgehead atoms. The molecule has 18 heavy (non-hydrogen) atoms. The molecule has 2 heterocycles. The molecule has 1 saturated heterocycles. The van der Waals surface area contributed by atoms with Gasteiger partial charge in [-0.25, -0.2) is 4.79 Å². The highest BCUT2D eigenvalue weighted by Gasteiger charge is 2.32. The van der Waals surface area contributed by atoms with Crippen molar-refractivity contribution in [3.8, 4) is 0 Å². The van der Waals surface area contributed by atoms with Crippen molar-refractivity contribution in [1.29, 1.82) is 0 Å². The molecule has 0 aromatic rings. The normalized spacial score (nSPS) is 25.4. The van der Waals surface area contributed by atoms with Crippen LogP contribution in [-0.4, -0.2) is 59.9 Å². The summed E-state index contributed by atoms with van der Waals surface area (Å²) in [6.07, 6.45) is 1.05. The lowest BCUT2D eigenvalue weighted by Crippen LogP contribution is -2.46. The van der Waals surface area contributed by atoms with E-state index >= 15 is 0 Å². The molecule has 7 nitrogen and oxygen atoms in total. The lowest BCUT2D eigenvalue weighted by Gasteiger charge is -2.29. The summed E-state index contributed by atoms with van der Waals surface area (Å²) < 4.78 is 0. The molecule has 1 fully saturated rings. The standard InChI is InChI=1S/C11H17N3O4/c1-14-4-2-7(3-5-14)12-10(15)9-6-8(11(16)17)13-18-9/h7,9H,2-6H2,1H3,(H,12,15)(H,16,17). The number of carboxylic acid groups (broad SMARTS) is 1. The molecule has 0 aromatic carbocycles. The van der Waals surface area contributed by atoms with Crippen molar-refractivity contribution < 1.29 is 19.5 Å². The minimum atomic E-state index is -1.13. The quantitative estimate of drug-likeness (QED) is 0.704. The van der Waals surface area contributed by atoms with E-state index in [1.54, 1.807) is 0 Å². The van der Waals surface area contributed by atoms with E-state index in [0.717, 1.165) is 25.9 Å². The van der Waals surface area contributed by atoms with E-state index < -0.39 is 12.1 Å². The average Bonchev–Trinajstić information content (AvgIpc) is 2.81. The van der Waals surface area contributed by atoms with E-state index in [1.807, 2.05) is 7.05 Å². The second kappa shape index (κ2) is 5.34. The third kappa shape index (κ3) is 2.98. The van der Waals surface area contributed by atoms with Crippen molar-refractivity contribution in [3.05, 3.63) is 0 Å². The molecular formula is C11H17N3O4. The summed E-state index contributed by atoms with van der Waals surface area (Å²) in [5.74, 6) is -1.41. The van der Waals surface area contributed by atoms with Crippen LogP contribution in [0.3, 0.4) is 0 Å². The van der Waals surface area contributed by atoms with Crippen LogP contribution in [0.5, 0.6) is 0 Å². The third-order valence-corrected chi connectivity index (χ3v) is 3.27. The predicted molar refractivity (Wildman–Crippen MR) is 63.2 cm³/mol. The van der Waals surface area contributed by atoms with Gasteiger partial charge in [0.15, 0.2) is 5.71 Å². The van der Waals surface area contributed by atoms with Crippen molar-refractivity contribution in [2.75, 3.05) is 20.1 Å². The van der Waals surface area contributed by atoms with Crippen LogP contribution in [0.25, 0.3) is 0 Å². The van der Waals surface area contributed by atoms with E-state index in [-0.39, 0.29) is 24.1 Å². The molecule has 2 aliphatic heterocycles. The molecule has 2 N–H and O–H groups in total. The number of likely N-dealkylation sites (tertiary alicyclic amines) is 1. The van der Waals surface area contributed by atoms with Crippen LogP contribution in [0.1, 0.15) is 19.3 Å². The second-order valence-corrected chi connectivity index (χ2v) is 4.73. The molecule has 0 radical (unpaired) electrons. The Morgan fingerprint density at radius 3 is 2.67 bits per heavy atom. The van der Waals surface area contributed by atoms with Gasteiger partial charge in [0.05, 0.1) is 0 Å². The molecule has 7 heteroatoms. The highest BCUT2D eigenvalue weighted by molar-refractivity contribution is 6.36. The first-order valence-corrected chi connectivity index (χ1v) is 6.01. The van der Waals surface area contributed by atoms with Crippen LogP contribution in [0, 0.1) is 0 Å². The zero-order valence-corrected chi connectivity index (χ0v) is 10.3. The van der Waals surface area contributed by atoms with E-state index in [9.17, 15) is 9.59 Å². The summed E-state index contributed by atoms with van der Waals surface area (Å²) in [7, 11) is 2.05. The number of amides is 1. The average molecular weight is 255 g/mol. The SMILES string of the molecule is CN1CCC(NC(=O)C2CC(C(=O)O)=NO2)CC1. The molecule has 1 atom stereocenters. The smallest absolute Gasteiger partial charge is 0.353 e. The number of rotatable bonds is 3. The Morgan fingerprint density at radius 1 is 1.44 bits per heavy atom. The van der Waals surface area contributed by atoms with Gasteiger partial charge in [-0.05, 0) is 33.0 Å². The maximum Gasteiger partial charge on any atom is 0.353 e. The Bertz CT molecular complexity index is 374. The van der Waals surface area contributed by atoms with Crippen molar-refractivity contribution in [3.63, 3.8) is 0 Å². The summed E-state index contributed by atoms with van der Waals surface area (Å²) in [4.78, 5) is 29.5. The summed E-state index contributed by atoms with van der Waals surface area (Å²) in [5, 5.41) is 15.0. The van der Waals surface area contributed by atoms with Crippen LogP contribution < -0.4 is 5.32 Å².